The summed E-state index contributed by atoms with van der Waals surface area (Å²) in [5, 5.41) is 20.7. The number of carbonyl (C=O) groups is 4. The summed E-state index contributed by atoms with van der Waals surface area (Å²) >= 11 is 1.16. The number of hydrogen-bond acceptors (Lipinski definition) is 9. The normalized spacial score (nSPS) is 23.5. The van der Waals surface area contributed by atoms with E-state index in [1.807, 2.05) is 0 Å². The SMILES string of the molecule is CO[C@@]1(NC(=O)C(N)c2ccc(O)cc2)C(=O)N2C(C(=O)O)=C(COC(C)=O)CS[C@H]21. The minimum absolute atomic E-state index is 0.00526. The van der Waals surface area contributed by atoms with E-state index in [2.05, 4.69) is 5.32 Å². The Morgan fingerprint density at radius 1 is 1.35 bits per heavy atom. The molecule has 2 aliphatic rings. The lowest BCUT2D eigenvalue weighted by atomic mass is 9.97. The van der Waals surface area contributed by atoms with Crippen LogP contribution in [0.1, 0.15) is 18.5 Å². The number of hydrogen-bond donors (Lipinski definition) is 4. The molecule has 2 amide bonds. The van der Waals surface area contributed by atoms with E-state index in [1.165, 1.54) is 38.3 Å². The Bertz CT molecular complexity index is 963. The number of carboxylic acids is 1. The Morgan fingerprint density at radius 2 is 2.00 bits per heavy atom. The van der Waals surface area contributed by atoms with Crippen LogP contribution in [0.5, 0.6) is 5.75 Å². The van der Waals surface area contributed by atoms with Crippen molar-refractivity contribution in [3.05, 3.63) is 41.1 Å². The van der Waals surface area contributed by atoms with Gasteiger partial charge in [0.25, 0.3) is 11.6 Å². The monoisotopic (exact) mass is 451 g/mol. The van der Waals surface area contributed by atoms with E-state index in [0.717, 1.165) is 16.7 Å². The lowest BCUT2D eigenvalue weighted by Gasteiger charge is -2.55. The second-order valence-electron chi connectivity index (χ2n) is 6.87. The van der Waals surface area contributed by atoms with Crippen molar-refractivity contribution in [2.75, 3.05) is 19.5 Å². The molecule has 0 radical (unpaired) electrons. The maximum atomic E-state index is 13.0. The summed E-state index contributed by atoms with van der Waals surface area (Å²) < 4.78 is 10.2. The van der Waals surface area contributed by atoms with Gasteiger partial charge in [-0.1, -0.05) is 12.1 Å². The van der Waals surface area contributed by atoms with Gasteiger partial charge in [0.2, 0.25) is 5.91 Å². The predicted molar refractivity (Wildman–Crippen MR) is 107 cm³/mol. The maximum absolute atomic E-state index is 13.0. The van der Waals surface area contributed by atoms with E-state index >= 15 is 0 Å². The van der Waals surface area contributed by atoms with E-state index < -0.39 is 40.9 Å². The average molecular weight is 451 g/mol. The van der Waals surface area contributed by atoms with Crippen LogP contribution in [-0.4, -0.2) is 69.4 Å². The van der Waals surface area contributed by atoms with Crippen LogP contribution in [0.15, 0.2) is 35.5 Å². The Balaban J connectivity index is 1.83. The van der Waals surface area contributed by atoms with Crippen LogP contribution >= 0.6 is 11.8 Å². The first-order valence-electron chi connectivity index (χ1n) is 9.08. The fourth-order valence-corrected chi connectivity index (χ4v) is 4.76. The molecule has 3 atom stereocenters. The highest BCUT2D eigenvalue weighted by atomic mass is 32.2. The first-order valence-corrected chi connectivity index (χ1v) is 10.1. The standard InChI is InChI=1S/C19H21N3O8S/c1-9(23)30-7-11-8-31-18-19(29-2,17(28)22(18)14(11)16(26)27)21-15(25)13(20)10-3-5-12(24)6-4-10/h3-6,13,18,24H,7-8,20H2,1-2H3,(H,21,25)(H,26,27)/t13?,18-,19-/m0/s1. The number of aliphatic carboxylic acids is 1. The molecular weight excluding hydrogens is 430 g/mol. The number of aromatic hydroxyl groups is 1. The number of thioether (sulfide) groups is 1. The molecule has 1 aromatic rings. The van der Waals surface area contributed by atoms with Crippen molar-refractivity contribution >= 4 is 35.5 Å². The Hall–Kier alpha value is -3.09. The molecule has 5 N–H and O–H groups in total. The topological polar surface area (TPSA) is 168 Å². The van der Waals surface area contributed by atoms with Crippen molar-refractivity contribution < 1.29 is 38.9 Å². The van der Waals surface area contributed by atoms with Crippen LogP contribution in [0.2, 0.25) is 0 Å². The summed E-state index contributed by atoms with van der Waals surface area (Å²) in [6.07, 6.45) is 0. The number of methoxy groups -OCH3 is 1. The fourth-order valence-electron chi connectivity index (χ4n) is 3.34. The summed E-state index contributed by atoms with van der Waals surface area (Å²) in [5.41, 5.74) is 4.53. The van der Waals surface area contributed by atoms with Crippen LogP contribution in [0, 0.1) is 0 Å². The van der Waals surface area contributed by atoms with Crippen LogP contribution in [0.4, 0.5) is 0 Å². The summed E-state index contributed by atoms with van der Waals surface area (Å²) in [6, 6.07) is 4.52. The largest absolute Gasteiger partial charge is 0.508 e. The molecule has 166 valence electrons. The number of fused-ring (bicyclic) bond motifs is 1. The number of nitrogens with two attached hydrogens (primary N) is 1. The number of carboxylic acid groups (broad SMARTS) is 1. The predicted octanol–water partition coefficient (Wildman–Crippen LogP) is -0.332. The minimum atomic E-state index is -1.80. The molecule has 1 fully saturated rings. The molecular formula is C19H21N3O8S. The molecule has 0 aromatic heterocycles. The molecule has 1 aromatic carbocycles. The number of rotatable bonds is 7. The second kappa shape index (κ2) is 8.57. The van der Waals surface area contributed by atoms with Gasteiger partial charge in [0.1, 0.15) is 29.5 Å². The lowest BCUT2D eigenvalue weighted by Crippen LogP contribution is -2.81. The zero-order valence-corrected chi connectivity index (χ0v) is 17.5. The van der Waals surface area contributed by atoms with Gasteiger partial charge in [-0.25, -0.2) is 4.79 Å². The van der Waals surface area contributed by atoms with Crippen LogP contribution in [-0.2, 0) is 28.7 Å². The van der Waals surface area contributed by atoms with E-state index in [4.69, 9.17) is 15.2 Å². The molecule has 0 saturated carbocycles. The fraction of sp³-hybridized carbons (Fsp3) is 0.368. The molecule has 12 heteroatoms. The van der Waals surface area contributed by atoms with Gasteiger partial charge < -0.3 is 30.7 Å². The van der Waals surface area contributed by atoms with Gasteiger partial charge in [0.05, 0.1) is 0 Å². The molecule has 2 aliphatic heterocycles. The van der Waals surface area contributed by atoms with Crippen molar-refractivity contribution in [3.8, 4) is 5.75 Å². The Labute approximate surface area is 181 Å². The molecule has 0 bridgehead atoms. The summed E-state index contributed by atoms with van der Waals surface area (Å²) in [7, 11) is 1.22. The summed E-state index contributed by atoms with van der Waals surface area (Å²) in [6.45, 7) is 0.926. The molecule has 3 rings (SSSR count). The number of esters is 1. The van der Waals surface area contributed by atoms with Crippen molar-refractivity contribution in [1.82, 2.24) is 10.2 Å². The Kier molecular flexibility index (Phi) is 6.25. The number of phenols is 1. The van der Waals surface area contributed by atoms with Crippen molar-refractivity contribution in [3.63, 3.8) is 0 Å². The molecule has 0 aliphatic carbocycles. The third-order valence-electron chi connectivity index (χ3n) is 4.93. The van der Waals surface area contributed by atoms with Gasteiger partial charge >= 0.3 is 11.9 Å². The second-order valence-corrected chi connectivity index (χ2v) is 7.94. The van der Waals surface area contributed by atoms with E-state index in [9.17, 15) is 29.4 Å². The maximum Gasteiger partial charge on any atom is 0.352 e. The van der Waals surface area contributed by atoms with Gasteiger partial charge in [0, 0.05) is 25.4 Å². The van der Waals surface area contributed by atoms with E-state index in [-0.39, 0.29) is 29.4 Å². The van der Waals surface area contributed by atoms with Gasteiger partial charge in [-0.15, -0.1) is 11.8 Å². The average Bonchev–Trinajstić information content (AvgIpc) is 2.74. The van der Waals surface area contributed by atoms with Gasteiger partial charge in [-0.05, 0) is 17.7 Å². The molecule has 1 unspecified atom stereocenters. The third kappa shape index (κ3) is 3.96. The first kappa shape index (κ1) is 22.6. The van der Waals surface area contributed by atoms with Gasteiger partial charge in [-0.3, -0.25) is 19.3 Å². The minimum Gasteiger partial charge on any atom is -0.508 e. The highest BCUT2D eigenvalue weighted by molar-refractivity contribution is 8.00. The molecule has 11 nitrogen and oxygen atoms in total. The highest BCUT2D eigenvalue weighted by Gasteiger charge is 2.66. The molecule has 2 heterocycles. The number of nitrogens with zero attached hydrogens (tertiary/aromatic N) is 1. The highest BCUT2D eigenvalue weighted by Crippen LogP contribution is 2.46. The molecule has 1 saturated heterocycles. The van der Waals surface area contributed by atoms with Gasteiger partial charge in [0.15, 0.2) is 0 Å². The van der Waals surface area contributed by atoms with Crippen molar-refractivity contribution in [1.29, 1.82) is 0 Å². The van der Waals surface area contributed by atoms with E-state index in [1.54, 1.807) is 0 Å². The number of β-lactam (4-membered cyclic amide) rings is 1. The number of nitrogens with one attached hydrogen (secondary N) is 1. The van der Waals surface area contributed by atoms with Crippen LogP contribution < -0.4 is 11.1 Å². The number of ether oxygens (including phenoxy) is 2. The first-order chi connectivity index (χ1) is 14.6. The number of phenolic OH excluding ortho intramolecular Hbond substituents is 1. The quantitative estimate of drug-likeness (QED) is 0.245. The third-order valence-corrected chi connectivity index (χ3v) is 6.30. The van der Waals surface area contributed by atoms with Gasteiger partial charge in [-0.2, -0.15) is 0 Å². The number of benzene rings is 1. The number of carbonyl (C=O) groups excluding carboxylic acids is 3. The zero-order chi connectivity index (χ0) is 22.9. The summed E-state index contributed by atoms with van der Waals surface area (Å²) in [4.78, 5) is 49.6. The van der Waals surface area contributed by atoms with E-state index in [0.29, 0.717) is 5.56 Å². The molecule has 31 heavy (non-hydrogen) atoms. The zero-order valence-electron chi connectivity index (χ0n) is 16.7. The molecule has 0 spiro atoms. The van der Waals surface area contributed by atoms with Crippen LogP contribution in [0.25, 0.3) is 0 Å². The lowest BCUT2D eigenvalue weighted by molar-refractivity contribution is -0.192. The Morgan fingerprint density at radius 3 is 2.55 bits per heavy atom. The van der Waals surface area contributed by atoms with Crippen molar-refractivity contribution in [2.45, 2.75) is 24.1 Å². The number of amides is 2. The smallest absolute Gasteiger partial charge is 0.352 e. The van der Waals surface area contributed by atoms with Crippen molar-refractivity contribution in [2.24, 2.45) is 5.73 Å². The summed E-state index contributed by atoms with van der Waals surface area (Å²) in [5.74, 6) is -3.29. The van der Waals surface area contributed by atoms with Crippen LogP contribution in [0.3, 0.4) is 0 Å².